The lowest BCUT2D eigenvalue weighted by atomic mass is 10.1. The smallest absolute Gasteiger partial charge is 0.341 e. The van der Waals surface area contributed by atoms with Crippen molar-refractivity contribution in [3.8, 4) is 0 Å². The normalized spacial score (nSPS) is 11.7. The van der Waals surface area contributed by atoms with Crippen LogP contribution in [0.1, 0.15) is 18.5 Å². The van der Waals surface area contributed by atoms with E-state index in [1.54, 1.807) is 25.1 Å². The van der Waals surface area contributed by atoms with Crippen molar-refractivity contribution in [1.82, 2.24) is 10.4 Å². The van der Waals surface area contributed by atoms with Crippen molar-refractivity contribution in [2.45, 2.75) is 13.0 Å². The summed E-state index contributed by atoms with van der Waals surface area (Å²) in [5.74, 6) is -1.62. The molecule has 0 saturated carbocycles. The van der Waals surface area contributed by atoms with Crippen LogP contribution >= 0.6 is 0 Å². The largest absolute Gasteiger partial charge is 0.479 e. The Hall–Kier alpha value is -2.15. The number of aliphatic carboxylic acids is 1. The summed E-state index contributed by atoms with van der Waals surface area (Å²) in [5.41, 5.74) is 2.33. The number of amides is 2. The van der Waals surface area contributed by atoms with E-state index in [0.29, 0.717) is 5.56 Å². The second-order valence-electron chi connectivity index (χ2n) is 3.90. The minimum absolute atomic E-state index is 0.360. The Bertz CT molecular complexity index is 467. The van der Waals surface area contributed by atoms with E-state index in [1.807, 2.05) is 5.48 Å². The topological polar surface area (TPSA) is 78.9 Å². The molecule has 0 saturated heterocycles. The highest BCUT2D eigenvalue weighted by Crippen LogP contribution is 2.21. The summed E-state index contributed by atoms with van der Waals surface area (Å²) in [4.78, 5) is 27.5. The van der Waals surface area contributed by atoms with Crippen molar-refractivity contribution < 1.29 is 23.9 Å². The van der Waals surface area contributed by atoms with Gasteiger partial charge < -0.3 is 10.0 Å². The minimum atomic E-state index is -1.20. The third-order valence-corrected chi connectivity index (χ3v) is 2.61. The number of carboxylic acid groups (broad SMARTS) is 1. The Morgan fingerprint density at radius 3 is 2.68 bits per heavy atom. The first-order chi connectivity index (χ1) is 8.93. The fraction of sp³-hybridized carbons (Fsp3) is 0.333. The molecule has 2 N–H and O–H groups in total. The van der Waals surface area contributed by atoms with E-state index in [9.17, 15) is 14.0 Å². The van der Waals surface area contributed by atoms with Gasteiger partial charge in [0.25, 0.3) is 0 Å². The number of carboxylic acids is 1. The Kier molecular flexibility index (Phi) is 5.25. The van der Waals surface area contributed by atoms with Gasteiger partial charge in [0.2, 0.25) is 0 Å². The van der Waals surface area contributed by atoms with Crippen LogP contribution in [-0.2, 0) is 9.63 Å². The molecule has 0 radical (unpaired) electrons. The first-order valence-electron chi connectivity index (χ1n) is 5.54. The second-order valence-corrected chi connectivity index (χ2v) is 3.90. The maximum Gasteiger partial charge on any atom is 0.341 e. The monoisotopic (exact) mass is 270 g/mol. The number of nitrogens with one attached hydrogen (secondary N) is 1. The Balaban J connectivity index is 2.61. The molecule has 6 nitrogen and oxygen atoms in total. The molecule has 0 fully saturated rings. The molecule has 0 spiro atoms. The zero-order chi connectivity index (χ0) is 14.4. The second kappa shape index (κ2) is 6.69. The van der Waals surface area contributed by atoms with Gasteiger partial charge in [-0.25, -0.2) is 19.5 Å². The number of hydrogen-bond acceptors (Lipinski definition) is 3. The van der Waals surface area contributed by atoms with Gasteiger partial charge >= 0.3 is 12.0 Å². The van der Waals surface area contributed by atoms with Gasteiger partial charge in [0.1, 0.15) is 5.82 Å². The molecule has 1 atom stereocenters. The van der Waals surface area contributed by atoms with Gasteiger partial charge in [-0.15, -0.1) is 0 Å². The van der Waals surface area contributed by atoms with Gasteiger partial charge in [0, 0.05) is 12.6 Å². The van der Waals surface area contributed by atoms with Crippen molar-refractivity contribution >= 4 is 12.0 Å². The van der Waals surface area contributed by atoms with Crippen molar-refractivity contribution in [3.05, 3.63) is 35.6 Å². The van der Waals surface area contributed by atoms with E-state index < -0.39 is 30.5 Å². The van der Waals surface area contributed by atoms with Crippen LogP contribution in [0.2, 0.25) is 0 Å². The third-order valence-electron chi connectivity index (χ3n) is 2.61. The number of carbonyl (C=O) groups is 2. The summed E-state index contributed by atoms with van der Waals surface area (Å²) in [6.07, 6.45) is 0. The lowest BCUT2D eigenvalue weighted by molar-refractivity contribution is -0.144. The standard InChI is InChI=1S/C12H15FN2O4/c1-8(9-5-3-4-6-10(9)13)15(2)12(18)14-19-7-11(16)17/h3-6,8H,7H2,1-2H3,(H,14,18)(H,16,17). The van der Waals surface area contributed by atoms with Crippen LogP contribution in [0.15, 0.2) is 24.3 Å². The zero-order valence-corrected chi connectivity index (χ0v) is 10.6. The number of urea groups is 1. The molecule has 104 valence electrons. The number of halogens is 1. The molecule has 1 aromatic rings. The SMILES string of the molecule is CC(c1ccccc1F)N(C)C(=O)NOCC(=O)O. The minimum Gasteiger partial charge on any atom is -0.479 e. The molecular formula is C12H15FN2O4. The van der Waals surface area contributed by atoms with E-state index in [0.717, 1.165) is 0 Å². The molecule has 0 aliphatic rings. The Morgan fingerprint density at radius 1 is 1.47 bits per heavy atom. The number of carbonyl (C=O) groups excluding carboxylic acids is 1. The summed E-state index contributed by atoms with van der Waals surface area (Å²) in [7, 11) is 1.45. The first-order valence-corrected chi connectivity index (χ1v) is 5.54. The first kappa shape index (κ1) is 14.9. The molecule has 1 rings (SSSR count). The van der Waals surface area contributed by atoms with Gasteiger partial charge in [0.05, 0.1) is 6.04 Å². The average Bonchev–Trinajstić information content (AvgIpc) is 2.37. The quantitative estimate of drug-likeness (QED) is 0.795. The fourth-order valence-electron chi connectivity index (χ4n) is 1.43. The predicted octanol–water partition coefficient (Wildman–Crippen LogP) is 1.54. The molecule has 2 amide bonds. The number of hydrogen-bond donors (Lipinski definition) is 2. The molecule has 0 aliphatic heterocycles. The number of rotatable bonds is 5. The fourth-order valence-corrected chi connectivity index (χ4v) is 1.43. The molecule has 7 heteroatoms. The van der Waals surface area contributed by atoms with Crippen molar-refractivity contribution in [1.29, 1.82) is 0 Å². The maximum absolute atomic E-state index is 13.6. The molecule has 19 heavy (non-hydrogen) atoms. The molecule has 0 bridgehead atoms. The van der Waals surface area contributed by atoms with Crippen LogP contribution in [0.4, 0.5) is 9.18 Å². The Labute approximate surface area is 109 Å². The number of benzene rings is 1. The van der Waals surface area contributed by atoms with E-state index in [-0.39, 0.29) is 0 Å². The van der Waals surface area contributed by atoms with E-state index in [1.165, 1.54) is 18.0 Å². The van der Waals surface area contributed by atoms with Gasteiger partial charge in [-0.1, -0.05) is 18.2 Å². The van der Waals surface area contributed by atoms with Crippen LogP contribution in [0.25, 0.3) is 0 Å². The summed E-state index contributed by atoms with van der Waals surface area (Å²) in [6.45, 7) is 1.00. The Morgan fingerprint density at radius 2 is 2.11 bits per heavy atom. The number of hydroxylamine groups is 1. The molecule has 0 aromatic heterocycles. The van der Waals surface area contributed by atoms with E-state index in [4.69, 9.17) is 5.11 Å². The molecular weight excluding hydrogens is 255 g/mol. The van der Waals surface area contributed by atoms with Crippen LogP contribution in [0, 0.1) is 5.82 Å². The summed E-state index contributed by atoms with van der Waals surface area (Å²) in [5, 5.41) is 8.35. The molecule has 1 unspecified atom stereocenters. The van der Waals surface area contributed by atoms with E-state index >= 15 is 0 Å². The van der Waals surface area contributed by atoms with Gasteiger partial charge in [-0.3, -0.25) is 4.84 Å². The maximum atomic E-state index is 13.6. The highest BCUT2D eigenvalue weighted by Gasteiger charge is 2.20. The predicted molar refractivity (Wildman–Crippen MR) is 64.7 cm³/mol. The number of nitrogens with zero attached hydrogens (tertiary/aromatic N) is 1. The molecule has 1 aromatic carbocycles. The van der Waals surface area contributed by atoms with Crippen LogP contribution in [0.5, 0.6) is 0 Å². The summed E-state index contributed by atoms with van der Waals surface area (Å²) >= 11 is 0. The zero-order valence-electron chi connectivity index (χ0n) is 10.6. The van der Waals surface area contributed by atoms with Crippen molar-refractivity contribution in [2.75, 3.05) is 13.7 Å². The van der Waals surface area contributed by atoms with Gasteiger partial charge in [0.15, 0.2) is 6.61 Å². The van der Waals surface area contributed by atoms with Crippen LogP contribution in [0.3, 0.4) is 0 Å². The van der Waals surface area contributed by atoms with Crippen molar-refractivity contribution in [2.24, 2.45) is 0 Å². The lowest BCUT2D eigenvalue weighted by Gasteiger charge is -2.25. The molecule has 0 aliphatic carbocycles. The average molecular weight is 270 g/mol. The van der Waals surface area contributed by atoms with Crippen LogP contribution in [-0.4, -0.2) is 35.7 Å². The van der Waals surface area contributed by atoms with Gasteiger partial charge in [-0.2, -0.15) is 0 Å². The highest BCUT2D eigenvalue weighted by molar-refractivity contribution is 5.74. The molecule has 0 heterocycles. The summed E-state index contributed by atoms with van der Waals surface area (Å²) < 4.78 is 13.6. The van der Waals surface area contributed by atoms with E-state index in [2.05, 4.69) is 4.84 Å². The lowest BCUT2D eigenvalue weighted by Crippen LogP contribution is -2.39. The van der Waals surface area contributed by atoms with Crippen molar-refractivity contribution in [3.63, 3.8) is 0 Å². The van der Waals surface area contributed by atoms with Crippen LogP contribution < -0.4 is 5.48 Å². The van der Waals surface area contributed by atoms with Gasteiger partial charge in [-0.05, 0) is 13.0 Å². The summed E-state index contributed by atoms with van der Waals surface area (Å²) in [6, 6.07) is 4.93. The highest BCUT2D eigenvalue weighted by atomic mass is 19.1. The third kappa shape index (κ3) is 4.22.